The molecule has 0 aliphatic rings. The van der Waals surface area contributed by atoms with Gasteiger partial charge in [-0.3, -0.25) is 9.36 Å². The van der Waals surface area contributed by atoms with Crippen LogP contribution in [-0.2, 0) is 24.2 Å². The molecule has 21 heavy (non-hydrogen) atoms. The highest BCUT2D eigenvalue weighted by atomic mass is 79.9. The van der Waals surface area contributed by atoms with Crippen LogP contribution in [0.1, 0.15) is 0 Å². The molecule has 0 saturated carbocycles. The molecular formula is C12H11BrN2O5S. The predicted octanol–water partition coefficient (Wildman–Crippen LogP) is 0.614. The number of halogens is 1. The number of hydrogen-bond donors (Lipinski definition) is 0. The molecule has 0 atom stereocenters. The van der Waals surface area contributed by atoms with Gasteiger partial charge in [-0.25, -0.2) is 4.79 Å². The van der Waals surface area contributed by atoms with Crippen molar-refractivity contribution in [3.05, 3.63) is 55.8 Å². The van der Waals surface area contributed by atoms with E-state index in [1.54, 1.807) is 12.1 Å². The molecule has 0 aliphatic carbocycles. The van der Waals surface area contributed by atoms with Crippen LogP contribution in [0.2, 0.25) is 0 Å². The van der Waals surface area contributed by atoms with E-state index in [4.69, 9.17) is 4.18 Å². The molecule has 7 nitrogen and oxygen atoms in total. The van der Waals surface area contributed by atoms with Gasteiger partial charge in [0.25, 0.3) is 5.56 Å². The van der Waals surface area contributed by atoms with Crippen LogP contribution in [-0.4, -0.2) is 17.6 Å². The van der Waals surface area contributed by atoms with Gasteiger partial charge in [0.1, 0.15) is 5.75 Å². The number of benzene rings is 1. The second-order valence-corrected chi connectivity index (χ2v) is 6.67. The Kier molecular flexibility index (Phi) is 4.06. The van der Waals surface area contributed by atoms with Crippen molar-refractivity contribution in [3.8, 4) is 5.75 Å². The third kappa shape index (κ3) is 3.08. The molecule has 9 heteroatoms. The molecular weight excluding hydrogens is 364 g/mol. The van der Waals surface area contributed by atoms with Crippen LogP contribution in [0, 0.1) is 0 Å². The maximum absolute atomic E-state index is 12.2. The molecule has 0 spiro atoms. The first-order valence-corrected chi connectivity index (χ1v) is 7.89. The van der Waals surface area contributed by atoms with E-state index in [0.29, 0.717) is 4.57 Å². The van der Waals surface area contributed by atoms with Crippen molar-refractivity contribution in [2.45, 2.75) is 4.90 Å². The molecule has 1 heterocycles. The van der Waals surface area contributed by atoms with Crippen LogP contribution < -0.4 is 15.4 Å². The largest absolute Gasteiger partial charge is 0.379 e. The van der Waals surface area contributed by atoms with Crippen LogP contribution in [0.25, 0.3) is 0 Å². The summed E-state index contributed by atoms with van der Waals surface area (Å²) in [6.07, 6.45) is 0.943. The minimum Gasteiger partial charge on any atom is -0.379 e. The van der Waals surface area contributed by atoms with Gasteiger partial charge in [-0.2, -0.15) is 8.42 Å². The van der Waals surface area contributed by atoms with Crippen LogP contribution in [0.3, 0.4) is 0 Å². The van der Waals surface area contributed by atoms with E-state index in [2.05, 4.69) is 15.9 Å². The highest BCUT2D eigenvalue weighted by molar-refractivity contribution is 9.10. The summed E-state index contributed by atoms with van der Waals surface area (Å²) in [6, 6.07) is 6.08. The van der Waals surface area contributed by atoms with Crippen LogP contribution in [0.15, 0.2) is 49.4 Å². The zero-order chi connectivity index (χ0) is 15.8. The van der Waals surface area contributed by atoms with Crippen molar-refractivity contribution in [3.63, 3.8) is 0 Å². The minimum absolute atomic E-state index is 0.0640. The summed E-state index contributed by atoms with van der Waals surface area (Å²) in [7, 11) is -1.78. The van der Waals surface area contributed by atoms with Crippen molar-refractivity contribution in [1.29, 1.82) is 0 Å². The smallest absolute Gasteiger partial charge is 0.346 e. The summed E-state index contributed by atoms with van der Waals surface area (Å²) >= 11 is 3.21. The van der Waals surface area contributed by atoms with E-state index in [1.807, 2.05) is 0 Å². The Bertz CT molecular complexity index is 897. The second-order valence-electron chi connectivity index (χ2n) is 4.24. The van der Waals surface area contributed by atoms with Crippen molar-refractivity contribution in [1.82, 2.24) is 9.13 Å². The van der Waals surface area contributed by atoms with Gasteiger partial charge in [-0.05, 0) is 24.3 Å². The first-order valence-electron chi connectivity index (χ1n) is 5.69. The summed E-state index contributed by atoms with van der Waals surface area (Å²) in [5, 5.41) is 0. The molecule has 1 aromatic heterocycles. The van der Waals surface area contributed by atoms with Crippen molar-refractivity contribution < 1.29 is 12.6 Å². The van der Waals surface area contributed by atoms with E-state index in [9.17, 15) is 18.0 Å². The monoisotopic (exact) mass is 374 g/mol. The third-order valence-corrected chi connectivity index (χ3v) is 4.46. The fourth-order valence-electron chi connectivity index (χ4n) is 1.61. The summed E-state index contributed by atoms with van der Waals surface area (Å²) in [6.45, 7) is 0. The zero-order valence-electron chi connectivity index (χ0n) is 11.1. The highest BCUT2D eigenvalue weighted by Crippen LogP contribution is 2.19. The number of aromatic nitrogens is 2. The molecule has 0 fully saturated rings. The molecule has 0 amide bonds. The molecule has 2 aromatic rings. The van der Waals surface area contributed by atoms with Crippen LogP contribution >= 0.6 is 15.9 Å². The lowest BCUT2D eigenvalue weighted by molar-refractivity contribution is 0.480. The molecule has 0 aliphatic heterocycles. The Balaban J connectivity index is 2.53. The van der Waals surface area contributed by atoms with Gasteiger partial charge in [0, 0.05) is 24.8 Å². The van der Waals surface area contributed by atoms with Crippen molar-refractivity contribution in [2.24, 2.45) is 14.1 Å². The molecule has 0 radical (unpaired) electrons. The summed E-state index contributed by atoms with van der Waals surface area (Å²) in [5.74, 6) is 0.0640. The lowest BCUT2D eigenvalue weighted by atomic mass is 10.3. The molecule has 0 saturated heterocycles. The van der Waals surface area contributed by atoms with Gasteiger partial charge in [0.05, 0.1) is 0 Å². The van der Waals surface area contributed by atoms with E-state index in [-0.39, 0.29) is 5.75 Å². The number of hydrogen-bond acceptors (Lipinski definition) is 5. The standard InChI is InChI=1S/C12H11BrN2O5S/c1-14-7-10(11(16)15(2)12(14)17)21(18,19)20-9-5-3-8(13)4-6-9/h3-7H,1-2H3. The SMILES string of the molecule is Cn1cc(S(=O)(=O)Oc2ccc(Br)cc2)c(=O)n(C)c1=O. The topological polar surface area (TPSA) is 87.4 Å². The average molecular weight is 375 g/mol. The fraction of sp³-hybridized carbons (Fsp3) is 0.167. The van der Waals surface area contributed by atoms with E-state index < -0.39 is 26.3 Å². The molecule has 2 rings (SSSR count). The quantitative estimate of drug-likeness (QED) is 0.734. The Hall–Kier alpha value is -1.87. The van der Waals surface area contributed by atoms with Crippen LogP contribution in [0.4, 0.5) is 0 Å². The maximum atomic E-state index is 12.2. The third-order valence-electron chi connectivity index (χ3n) is 2.70. The molecule has 0 N–H and O–H groups in total. The Morgan fingerprint density at radius 3 is 2.24 bits per heavy atom. The Labute approximate surface area is 128 Å². The van der Waals surface area contributed by atoms with Gasteiger partial charge in [-0.15, -0.1) is 0 Å². The Morgan fingerprint density at radius 2 is 1.67 bits per heavy atom. The molecule has 0 unspecified atom stereocenters. The maximum Gasteiger partial charge on any atom is 0.346 e. The first kappa shape index (κ1) is 15.5. The number of nitrogens with zero attached hydrogens (tertiary/aromatic N) is 2. The number of rotatable bonds is 3. The summed E-state index contributed by atoms with van der Waals surface area (Å²) in [4.78, 5) is 22.9. The molecule has 112 valence electrons. The van der Waals surface area contributed by atoms with Gasteiger partial charge < -0.3 is 8.75 Å². The van der Waals surface area contributed by atoms with E-state index >= 15 is 0 Å². The summed E-state index contributed by atoms with van der Waals surface area (Å²) in [5.41, 5.74) is -1.56. The normalized spacial score (nSPS) is 11.4. The highest BCUT2D eigenvalue weighted by Gasteiger charge is 2.23. The summed E-state index contributed by atoms with van der Waals surface area (Å²) < 4.78 is 31.7. The first-order chi connectivity index (χ1) is 9.72. The van der Waals surface area contributed by atoms with Gasteiger partial charge >= 0.3 is 15.8 Å². The van der Waals surface area contributed by atoms with Crippen molar-refractivity contribution >= 4 is 26.0 Å². The fourth-order valence-corrected chi connectivity index (χ4v) is 2.96. The Morgan fingerprint density at radius 1 is 1.10 bits per heavy atom. The lowest BCUT2D eigenvalue weighted by Gasteiger charge is -2.09. The number of aryl methyl sites for hydroxylation is 1. The van der Waals surface area contributed by atoms with Crippen LogP contribution in [0.5, 0.6) is 5.75 Å². The van der Waals surface area contributed by atoms with Crippen molar-refractivity contribution in [2.75, 3.05) is 0 Å². The van der Waals surface area contributed by atoms with E-state index in [0.717, 1.165) is 15.2 Å². The van der Waals surface area contributed by atoms with Gasteiger partial charge in [-0.1, -0.05) is 15.9 Å². The minimum atomic E-state index is -4.33. The van der Waals surface area contributed by atoms with Gasteiger partial charge in [0.2, 0.25) is 0 Å². The molecule has 1 aromatic carbocycles. The average Bonchev–Trinajstić information content (AvgIpc) is 2.42. The van der Waals surface area contributed by atoms with Gasteiger partial charge in [0.15, 0.2) is 4.90 Å². The van der Waals surface area contributed by atoms with E-state index in [1.165, 1.54) is 26.2 Å². The molecule has 0 bridgehead atoms. The zero-order valence-corrected chi connectivity index (χ0v) is 13.5. The lowest BCUT2D eigenvalue weighted by Crippen LogP contribution is -2.39. The second kappa shape index (κ2) is 5.49. The predicted molar refractivity (Wildman–Crippen MR) is 78.9 cm³/mol.